The summed E-state index contributed by atoms with van der Waals surface area (Å²) in [5.74, 6) is -0.516. The number of hydrogen-bond donors (Lipinski definition) is 3. The van der Waals surface area contributed by atoms with Gasteiger partial charge in [-0.1, -0.05) is 91.0 Å². The van der Waals surface area contributed by atoms with Crippen molar-refractivity contribution in [2.45, 2.75) is 11.7 Å². The van der Waals surface area contributed by atoms with Crippen LogP contribution in [0.3, 0.4) is 0 Å². The lowest BCUT2D eigenvalue weighted by molar-refractivity contribution is -0.143. The molecule has 0 aromatic heterocycles. The van der Waals surface area contributed by atoms with Crippen LogP contribution in [-0.4, -0.2) is 56.3 Å². The van der Waals surface area contributed by atoms with Crippen molar-refractivity contribution in [1.82, 2.24) is 16.0 Å². The molecule has 194 valence electrons. The first-order chi connectivity index (χ1) is 18.1. The van der Waals surface area contributed by atoms with Gasteiger partial charge in [0, 0.05) is 12.3 Å². The van der Waals surface area contributed by atoms with Crippen molar-refractivity contribution in [2.24, 2.45) is 0 Å². The normalized spacial score (nSPS) is 10.9. The molecular formula is C29H33N3O4S. The minimum Gasteiger partial charge on any atom is -0.465 e. The lowest BCUT2D eigenvalue weighted by atomic mass is 9.84. The number of ether oxygens (including phenoxy) is 1. The third-order valence-corrected chi connectivity index (χ3v) is 7.15. The molecule has 0 fully saturated rings. The molecule has 3 rings (SSSR count). The van der Waals surface area contributed by atoms with Gasteiger partial charge in [0.1, 0.15) is 6.54 Å². The van der Waals surface area contributed by atoms with E-state index in [9.17, 15) is 14.4 Å². The van der Waals surface area contributed by atoms with Crippen molar-refractivity contribution in [3.63, 3.8) is 0 Å². The number of hydrogen-bond acceptors (Lipinski definition) is 6. The quantitative estimate of drug-likeness (QED) is 0.172. The summed E-state index contributed by atoms with van der Waals surface area (Å²) in [6.07, 6.45) is 0. The van der Waals surface area contributed by atoms with Gasteiger partial charge in [-0.05, 0) is 23.6 Å². The van der Waals surface area contributed by atoms with E-state index in [1.807, 2.05) is 30.0 Å². The van der Waals surface area contributed by atoms with E-state index in [2.05, 4.69) is 88.7 Å². The van der Waals surface area contributed by atoms with Gasteiger partial charge in [0.2, 0.25) is 11.8 Å². The average molecular weight is 520 g/mol. The Bertz CT molecular complexity index is 1030. The summed E-state index contributed by atoms with van der Waals surface area (Å²) >= 11 is 1.81. The summed E-state index contributed by atoms with van der Waals surface area (Å²) in [6.45, 7) is 2.20. The number of carbonyl (C=O) groups excluding carboxylic acids is 3. The first-order valence-electron chi connectivity index (χ1n) is 12.3. The molecule has 0 aliphatic heterocycles. The predicted molar refractivity (Wildman–Crippen MR) is 147 cm³/mol. The van der Waals surface area contributed by atoms with Crippen molar-refractivity contribution in [1.29, 1.82) is 0 Å². The molecular weight excluding hydrogens is 486 g/mol. The number of rotatable bonds is 14. The van der Waals surface area contributed by atoms with Gasteiger partial charge in [-0.3, -0.25) is 14.4 Å². The van der Waals surface area contributed by atoms with Gasteiger partial charge >= 0.3 is 5.97 Å². The van der Waals surface area contributed by atoms with Crippen molar-refractivity contribution in [3.05, 3.63) is 108 Å². The Hall–Kier alpha value is -3.62. The highest BCUT2D eigenvalue weighted by Gasteiger charge is 2.36. The Morgan fingerprint density at radius 1 is 0.703 bits per heavy atom. The summed E-state index contributed by atoms with van der Waals surface area (Å²) in [4.78, 5) is 35.2. The zero-order chi connectivity index (χ0) is 26.3. The van der Waals surface area contributed by atoms with Gasteiger partial charge in [-0.2, -0.15) is 0 Å². The zero-order valence-corrected chi connectivity index (χ0v) is 21.8. The van der Waals surface area contributed by atoms with E-state index >= 15 is 0 Å². The predicted octanol–water partition coefficient (Wildman–Crippen LogP) is 3.10. The van der Waals surface area contributed by atoms with Gasteiger partial charge in [-0.25, -0.2) is 0 Å². The Kier molecular flexibility index (Phi) is 11.2. The van der Waals surface area contributed by atoms with E-state index in [4.69, 9.17) is 4.74 Å². The topological polar surface area (TPSA) is 96.5 Å². The van der Waals surface area contributed by atoms with E-state index in [0.717, 1.165) is 5.75 Å². The third kappa shape index (κ3) is 8.20. The summed E-state index contributed by atoms with van der Waals surface area (Å²) in [6, 6.07) is 31.3. The molecule has 0 radical (unpaired) electrons. The Labute approximate surface area is 222 Å². The van der Waals surface area contributed by atoms with Gasteiger partial charge in [0.05, 0.1) is 24.4 Å². The number of carbonyl (C=O) groups is 3. The van der Waals surface area contributed by atoms with Crippen molar-refractivity contribution >= 4 is 29.5 Å². The van der Waals surface area contributed by atoms with Gasteiger partial charge in [-0.15, -0.1) is 11.8 Å². The second-order valence-corrected chi connectivity index (χ2v) is 9.47. The molecule has 3 N–H and O–H groups in total. The maximum Gasteiger partial charge on any atom is 0.325 e. The smallest absolute Gasteiger partial charge is 0.325 e. The van der Waals surface area contributed by atoms with Crippen LogP contribution >= 0.6 is 11.8 Å². The number of nitrogens with one attached hydrogen (secondary N) is 3. The van der Waals surface area contributed by atoms with Gasteiger partial charge in [0.15, 0.2) is 0 Å². The number of amides is 2. The zero-order valence-electron chi connectivity index (χ0n) is 20.9. The van der Waals surface area contributed by atoms with Crippen LogP contribution in [0.4, 0.5) is 0 Å². The lowest BCUT2D eigenvalue weighted by Crippen LogP contribution is -2.42. The second kappa shape index (κ2) is 14.8. The molecule has 2 amide bonds. The molecule has 37 heavy (non-hydrogen) atoms. The fourth-order valence-corrected chi connectivity index (χ4v) is 5.39. The standard InChI is InChI=1S/C29H33N3O4S/c1-2-36-28(35)22-32-27(34)21-31-26(33)20-30-18-19-37-29(23-12-6-3-7-13-23,24-14-8-4-9-15-24)25-16-10-5-11-17-25/h3-17,30H,2,18-22H2,1H3,(H,31,33)(H,32,34). The third-order valence-electron chi connectivity index (χ3n) is 5.61. The van der Waals surface area contributed by atoms with E-state index < -0.39 is 16.6 Å². The molecule has 0 saturated heterocycles. The van der Waals surface area contributed by atoms with Crippen LogP contribution in [-0.2, 0) is 23.9 Å². The average Bonchev–Trinajstić information content (AvgIpc) is 2.94. The highest BCUT2D eigenvalue weighted by Crippen LogP contribution is 2.48. The fraction of sp³-hybridized carbons (Fsp3) is 0.276. The second-order valence-electron chi connectivity index (χ2n) is 8.16. The van der Waals surface area contributed by atoms with Crippen molar-refractivity contribution in [3.8, 4) is 0 Å². The molecule has 3 aromatic rings. The lowest BCUT2D eigenvalue weighted by Gasteiger charge is -2.35. The highest BCUT2D eigenvalue weighted by molar-refractivity contribution is 8.00. The maximum atomic E-state index is 12.2. The van der Waals surface area contributed by atoms with E-state index in [-0.39, 0.29) is 32.1 Å². The van der Waals surface area contributed by atoms with Crippen LogP contribution in [0, 0.1) is 0 Å². The molecule has 3 aromatic carbocycles. The largest absolute Gasteiger partial charge is 0.465 e. The molecule has 7 nitrogen and oxygen atoms in total. The summed E-state index contributed by atoms with van der Waals surface area (Å²) < 4.78 is 4.34. The van der Waals surface area contributed by atoms with E-state index in [1.54, 1.807) is 6.92 Å². The minimum absolute atomic E-state index is 0.0841. The van der Waals surface area contributed by atoms with Crippen molar-refractivity contribution in [2.75, 3.05) is 38.5 Å². The van der Waals surface area contributed by atoms with Gasteiger partial charge < -0.3 is 20.7 Å². The first kappa shape index (κ1) is 28.0. The van der Waals surface area contributed by atoms with Gasteiger partial charge in [0.25, 0.3) is 0 Å². The maximum absolute atomic E-state index is 12.2. The molecule has 0 bridgehead atoms. The van der Waals surface area contributed by atoms with Crippen LogP contribution in [0.25, 0.3) is 0 Å². The molecule has 0 aliphatic carbocycles. The van der Waals surface area contributed by atoms with Crippen LogP contribution in [0.2, 0.25) is 0 Å². The molecule has 0 saturated carbocycles. The number of esters is 1. The van der Waals surface area contributed by atoms with E-state index in [0.29, 0.717) is 6.54 Å². The SMILES string of the molecule is CCOC(=O)CNC(=O)CNC(=O)CNCCSC(c1ccccc1)(c1ccccc1)c1ccccc1. The Morgan fingerprint density at radius 3 is 1.65 bits per heavy atom. The molecule has 0 unspecified atom stereocenters. The first-order valence-corrected chi connectivity index (χ1v) is 13.2. The summed E-state index contributed by atoms with van der Waals surface area (Å²) in [5, 5.41) is 8.12. The van der Waals surface area contributed by atoms with Crippen LogP contribution in [0.1, 0.15) is 23.6 Å². The summed E-state index contributed by atoms with van der Waals surface area (Å²) in [5.41, 5.74) is 3.55. The Balaban J connectivity index is 1.58. The fourth-order valence-electron chi connectivity index (χ4n) is 3.93. The van der Waals surface area contributed by atoms with Crippen LogP contribution < -0.4 is 16.0 Å². The molecule has 0 heterocycles. The van der Waals surface area contributed by atoms with Crippen molar-refractivity contribution < 1.29 is 19.1 Å². The number of thioether (sulfide) groups is 1. The minimum atomic E-state index is -0.515. The molecule has 0 spiro atoms. The monoisotopic (exact) mass is 519 g/mol. The van der Waals surface area contributed by atoms with E-state index in [1.165, 1.54) is 16.7 Å². The molecule has 8 heteroatoms. The Morgan fingerprint density at radius 2 is 1.16 bits per heavy atom. The number of benzene rings is 3. The molecule has 0 atom stereocenters. The summed E-state index contributed by atoms with van der Waals surface area (Å²) in [7, 11) is 0. The molecule has 0 aliphatic rings. The highest BCUT2D eigenvalue weighted by atomic mass is 32.2. The van der Waals surface area contributed by atoms with Crippen LogP contribution in [0.5, 0.6) is 0 Å². The van der Waals surface area contributed by atoms with Crippen LogP contribution in [0.15, 0.2) is 91.0 Å².